The second kappa shape index (κ2) is 23.0. The van der Waals surface area contributed by atoms with Gasteiger partial charge in [-0.15, -0.1) is 0 Å². The monoisotopic (exact) mass is 913 g/mol. The lowest BCUT2D eigenvalue weighted by molar-refractivity contribution is -0.130. The van der Waals surface area contributed by atoms with E-state index >= 15 is 0 Å². The number of nitrogens with one attached hydrogen (secondary N) is 5. The summed E-state index contributed by atoms with van der Waals surface area (Å²) in [5.74, 6) is -0.375. The van der Waals surface area contributed by atoms with Crippen molar-refractivity contribution in [3.05, 3.63) is 72.1 Å². The van der Waals surface area contributed by atoms with Gasteiger partial charge in [0.05, 0.1) is 24.0 Å². The SMILES string of the molecule is CC(=O)N1CCC(CC(C#N)NC(=O)[C@@H]2CCCC[C@@H]2NC(=O)c2cc3ccccc3n2C)CC1.Cn1c(C(=O)N[C@H]2CCCC[C@H]2C(=O)NC(C#N)CC2CCNCC2)cc2ccccc21. The topological polar surface area (TPSA) is 206 Å². The number of benzene rings is 2. The molecule has 2 saturated carbocycles. The molecule has 67 heavy (non-hydrogen) atoms. The lowest BCUT2D eigenvalue weighted by Crippen LogP contribution is -2.50. The minimum atomic E-state index is -0.562. The number of nitriles is 2. The average Bonchev–Trinajstić information content (AvgIpc) is 3.87. The van der Waals surface area contributed by atoms with Crippen molar-refractivity contribution in [1.82, 2.24) is 40.6 Å². The standard InChI is InChI=1S/C27H35N5O3.C25H33N5O2/c1-18(33)32-13-11-19(12-14-32)15-21(17-28)29-26(34)22-8-4-5-9-23(22)30-27(35)25-16-20-7-3-6-10-24(20)31(25)2;1-30-22-9-5-2-6-18(22)15-23(30)25(32)29-21-8-4-3-7-20(21)24(31)28-19(16-26)14-17-10-12-27-13-11-17/h3,6-7,10,16,19,21-23H,4-5,8-9,11-15H2,1-2H3,(H,29,34)(H,30,35);2,5-6,9,15,17,19-21,27H,3-4,7-8,10-14H2,1H3,(H,28,31)(H,29,32)/t21?,22-,23+;19?,20-,21+/m11/s1. The van der Waals surface area contributed by atoms with E-state index in [-0.39, 0.29) is 53.5 Å². The van der Waals surface area contributed by atoms with Gasteiger partial charge in [-0.1, -0.05) is 62.1 Å². The molecule has 0 spiro atoms. The van der Waals surface area contributed by atoms with Crippen LogP contribution in [0.4, 0.5) is 0 Å². The molecule has 2 saturated heterocycles. The zero-order chi connectivity index (χ0) is 47.5. The Balaban J connectivity index is 0.000000200. The first-order chi connectivity index (χ1) is 32.4. The lowest BCUT2D eigenvalue weighted by atomic mass is 9.83. The Morgan fingerprint density at radius 3 is 1.46 bits per heavy atom. The molecule has 2 aliphatic carbocycles. The van der Waals surface area contributed by atoms with Crippen LogP contribution in [0.25, 0.3) is 21.8 Å². The van der Waals surface area contributed by atoms with Crippen LogP contribution < -0.4 is 26.6 Å². The second-order valence-corrected chi connectivity index (χ2v) is 19.2. The number of hydrogen-bond donors (Lipinski definition) is 5. The number of likely N-dealkylation sites (tertiary alicyclic amines) is 1. The second-order valence-electron chi connectivity index (χ2n) is 19.2. The zero-order valence-corrected chi connectivity index (χ0v) is 39.4. The molecule has 2 unspecified atom stereocenters. The molecule has 356 valence electrons. The summed E-state index contributed by atoms with van der Waals surface area (Å²) >= 11 is 0. The summed E-state index contributed by atoms with van der Waals surface area (Å²) in [6, 6.07) is 22.6. The third kappa shape index (κ3) is 12.2. The first-order valence-corrected chi connectivity index (χ1v) is 24.5. The summed E-state index contributed by atoms with van der Waals surface area (Å²) in [4.78, 5) is 65.9. The molecule has 15 heteroatoms. The van der Waals surface area contributed by atoms with Crippen molar-refractivity contribution in [3.8, 4) is 12.1 Å². The van der Waals surface area contributed by atoms with Crippen molar-refractivity contribution >= 4 is 51.3 Å². The summed E-state index contributed by atoms with van der Waals surface area (Å²) in [5, 5.41) is 36.9. The van der Waals surface area contributed by atoms with Crippen LogP contribution in [-0.2, 0) is 28.5 Å². The predicted octanol–water partition coefficient (Wildman–Crippen LogP) is 5.99. The van der Waals surface area contributed by atoms with Crippen molar-refractivity contribution in [2.75, 3.05) is 26.2 Å². The van der Waals surface area contributed by atoms with Crippen molar-refractivity contribution in [3.63, 3.8) is 0 Å². The van der Waals surface area contributed by atoms with E-state index in [9.17, 15) is 34.5 Å². The summed E-state index contributed by atoms with van der Waals surface area (Å²) in [6.07, 6.45) is 11.9. The molecule has 15 nitrogen and oxygen atoms in total. The highest BCUT2D eigenvalue weighted by Gasteiger charge is 2.36. The number of para-hydroxylation sites is 2. The van der Waals surface area contributed by atoms with Crippen molar-refractivity contribution in [2.24, 2.45) is 37.8 Å². The van der Waals surface area contributed by atoms with Crippen LogP contribution in [-0.4, -0.2) is 93.9 Å². The molecule has 4 aliphatic rings. The van der Waals surface area contributed by atoms with Crippen LogP contribution in [0.2, 0.25) is 0 Å². The normalized spacial score (nSPS) is 22.3. The summed E-state index contributed by atoms with van der Waals surface area (Å²) in [5.41, 5.74) is 3.16. The molecular formula is C52H68N10O5. The van der Waals surface area contributed by atoms with Crippen LogP contribution in [0, 0.1) is 46.3 Å². The smallest absolute Gasteiger partial charge is 0.268 e. The van der Waals surface area contributed by atoms with E-state index in [4.69, 9.17) is 0 Å². The highest BCUT2D eigenvalue weighted by Crippen LogP contribution is 2.29. The van der Waals surface area contributed by atoms with Gasteiger partial charge in [0.15, 0.2) is 0 Å². The number of fused-ring (bicyclic) bond motifs is 2. The Morgan fingerprint density at radius 1 is 0.627 bits per heavy atom. The summed E-state index contributed by atoms with van der Waals surface area (Å²) in [7, 11) is 3.77. The van der Waals surface area contributed by atoms with Gasteiger partial charge in [-0.25, -0.2) is 0 Å². The van der Waals surface area contributed by atoms with E-state index in [0.29, 0.717) is 55.6 Å². The molecule has 6 atom stereocenters. The fraction of sp³-hybridized carbons (Fsp3) is 0.558. The molecule has 0 bridgehead atoms. The van der Waals surface area contributed by atoms with Gasteiger partial charge >= 0.3 is 0 Å². The number of nitrogens with zero attached hydrogens (tertiary/aromatic N) is 5. The van der Waals surface area contributed by atoms with Crippen molar-refractivity contribution in [2.45, 2.75) is 121 Å². The number of aryl methyl sites for hydroxylation is 2. The Labute approximate surface area is 394 Å². The molecule has 4 aromatic rings. The molecular weight excluding hydrogens is 845 g/mol. The van der Waals surface area contributed by atoms with Gasteiger partial charge in [-0.2, -0.15) is 10.5 Å². The van der Waals surface area contributed by atoms with Gasteiger partial charge < -0.3 is 40.6 Å². The fourth-order valence-corrected chi connectivity index (χ4v) is 10.8. The molecule has 5 N–H and O–H groups in total. The minimum absolute atomic E-state index is 0.0856. The van der Waals surface area contributed by atoms with Gasteiger partial charge in [0.1, 0.15) is 23.5 Å². The van der Waals surface area contributed by atoms with E-state index in [1.807, 2.05) is 88.8 Å². The van der Waals surface area contributed by atoms with Crippen LogP contribution >= 0.6 is 0 Å². The Morgan fingerprint density at radius 2 is 1.04 bits per heavy atom. The number of amides is 5. The highest BCUT2D eigenvalue weighted by molar-refractivity contribution is 6.00. The van der Waals surface area contributed by atoms with E-state index in [2.05, 4.69) is 38.7 Å². The molecule has 2 aromatic carbocycles. The quantitative estimate of drug-likeness (QED) is 0.114. The van der Waals surface area contributed by atoms with Gasteiger partial charge in [-0.05, 0) is 113 Å². The Bertz CT molecular complexity index is 2470. The summed E-state index contributed by atoms with van der Waals surface area (Å²) in [6.45, 7) is 4.94. The molecule has 8 rings (SSSR count). The van der Waals surface area contributed by atoms with Gasteiger partial charge in [-0.3, -0.25) is 24.0 Å². The number of carbonyl (C=O) groups excluding carboxylic acids is 5. The number of aromatic nitrogens is 2. The maximum absolute atomic E-state index is 13.2. The zero-order valence-electron chi connectivity index (χ0n) is 39.4. The van der Waals surface area contributed by atoms with Gasteiger partial charge in [0.2, 0.25) is 17.7 Å². The third-order valence-electron chi connectivity index (χ3n) is 14.8. The van der Waals surface area contributed by atoms with Crippen LogP contribution in [0.1, 0.15) is 118 Å². The molecule has 2 aromatic heterocycles. The fourth-order valence-electron chi connectivity index (χ4n) is 10.8. The van der Waals surface area contributed by atoms with E-state index < -0.39 is 12.1 Å². The lowest BCUT2D eigenvalue weighted by Gasteiger charge is -2.34. The van der Waals surface area contributed by atoms with Crippen molar-refractivity contribution in [1.29, 1.82) is 10.5 Å². The maximum atomic E-state index is 13.2. The molecule has 4 heterocycles. The van der Waals surface area contributed by atoms with Crippen LogP contribution in [0.3, 0.4) is 0 Å². The maximum Gasteiger partial charge on any atom is 0.268 e. The number of piperidine rings is 2. The van der Waals surface area contributed by atoms with E-state index in [1.165, 1.54) is 0 Å². The molecule has 0 radical (unpaired) electrons. The molecule has 5 amide bonds. The van der Waals surface area contributed by atoms with E-state index in [0.717, 1.165) is 106 Å². The van der Waals surface area contributed by atoms with E-state index in [1.54, 1.807) is 6.92 Å². The number of rotatable bonds is 12. The molecule has 4 fully saturated rings. The minimum Gasteiger partial charge on any atom is -0.347 e. The average molecular weight is 913 g/mol. The van der Waals surface area contributed by atoms with Crippen LogP contribution in [0.5, 0.6) is 0 Å². The predicted molar refractivity (Wildman–Crippen MR) is 257 cm³/mol. The van der Waals surface area contributed by atoms with Crippen molar-refractivity contribution < 1.29 is 24.0 Å². The van der Waals surface area contributed by atoms with Gasteiger partial charge in [0.25, 0.3) is 11.8 Å². The molecule has 2 aliphatic heterocycles. The van der Waals surface area contributed by atoms with Crippen LogP contribution in [0.15, 0.2) is 60.7 Å². The third-order valence-corrected chi connectivity index (χ3v) is 14.8. The largest absolute Gasteiger partial charge is 0.347 e. The highest BCUT2D eigenvalue weighted by atomic mass is 16.2. The first-order valence-electron chi connectivity index (χ1n) is 24.5. The Kier molecular flexibility index (Phi) is 16.7. The summed E-state index contributed by atoms with van der Waals surface area (Å²) < 4.78 is 3.78. The Hall–Kier alpha value is -6.19. The number of carbonyl (C=O) groups is 5. The number of hydrogen-bond acceptors (Lipinski definition) is 8. The first kappa shape index (κ1) is 48.7. The van der Waals surface area contributed by atoms with Gasteiger partial charge in [0, 0.05) is 68.0 Å².